The van der Waals surface area contributed by atoms with Crippen LogP contribution < -0.4 is 28.7 Å². The van der Waals surface area contributed by atoms with Gasteiger partial charge in [-0.15, -0.1) is 0 Å². The van der Waals surface area contributed by atoms with Crippen molar-refractivity contribution < 1.29 is 42.2 Å². The molecule has 0 spiro atoms. The van der Waals surface area contributed by atoms with Gasteiger partial charge in [0.15, 0.2) is 0 Å². The normalized spacial score (nSPS) is 12.4. The Morgan fingerprint density at radius 2 is 1.21 bits per heavy atom. The van der Waals surface area contributed by atoms with Crippen LogP contribution in [0.2, 0.25) is 0 Å². The average molecular weight is 571 g/mol. The fourth-order valence-electron chi connectivity index (χ4n) is 5.75. The molecule has 38 heavy (non-hydrogen) atoms. The predicted molar refractivity (Wildman–Crippen MR) is 151 cm³/mol. The standard InChI is InChI=1S/C15H13.C15H14.C5H5.2ClH.Ti/c1-10-3-5-12-9-13-6-4-11(2)8-15(13)14(12)7-10;1-12-3-7-14(8-4-12)11-15-9-5-13(2)6-10-15;1-2-4-5-3-1;;;/h3-5,7-8H,9H2,1-2H3;3-10H,1-2H3;1-3H,4H2;2*1H;/q;;;;;+2/p-2. The minimum Gasteiger partial charge on any atom is -1.00 e. The van der Waals surface area contributed by atoms with Gasteiger partial charge in [-0.1, -0.05) is 0 Å². The summed E-state index contributed by atoms with van der Waals surface area (Å²) in [5.74, 6) is 0. The van der Waals surface area contributed by atoms with Crippen molar-refractivity contribution in [1.82, 2.24) is 0 Å². The predicted octanol–water partition coefficient (Wildman–Crippen LogP) is 1.86. The molecule has 0 atom stereocenters. The number of rotatable bonds is 4. The van der Waals surface area contributed by atoms with E-state index in [0.717, 1.165) is 12.8 Å². The first kappa shape index (κ1) is 28.5. The van der Waals surface area contributed by atoms with E-state index in [-0.39, 0.29) is 24.8 Å². The van der Waals surface area contributed by atoms with E-state index in [2.05, 4.69) is 125 Å². The third-order valence-corrected chi connectivity index (χ3v) is 12.4. The Morgan fingerprint density at radius 3 is 1.79 bits per heavy atom. The van der Waals surface area contributed by atoms with Gasteiger partial charge in [0, 0.05) is 0 Å². The van der Waals surface area contributed by atoms with Crippen LogP contribution in [0.1, 0.15) is 50.9 Å². The molecule has 2 aliphatic rings. The van der Waals surface area contributed by atoms with Crippen LogP contribution >= 0.6 is 0 Å². The van der Waals surface area contributed by atoms with Crippen molar-refractivity contribution in [2.45, 2.75) is 40.5 Å². The van der Waals surface area contributed by atoms with Gasteiger partial charge in [-0.25, -0.2) is 0 Å². The first-order valence-corrected chi connectivity index (χ1v) is 15.3. The Bertz CT molecular complexity index is 1540. The number of hydrogen-bond acceptors (Lipinski definition) is 0. The second kappa shape index (κ2) is 11.7. The molecule has 3 heteroatoms. The monoisotopic (exact) mass is 570 g/mol. The Morgan fingerprint density at radius 1 is 0.632 bits per heavy atom. The van der Waals surface area contributed by atoms with Gasteiger partial charge in [-0.05, 0) is 0 Å². The zero-order chi connectivity index (χ0) is 24.8. The molecule has 0 bridgehead atoms. The maximum absolute atomic E-state index is 2.54. The summed E-state index contributed by atoms with van der Waals surface area (Å²) in [4.78, 5) is 0. The second-order valence-electron chi connectivity index (χ2n) is 10.5. The summed E-state index contributed by atoms with van der Waals surface area (Å²) >= 11 is -2.14. The molecule has 0 fully saturated rings. The van der Waals surface area contributed by atoms with Crippen LogP contribution in [-0.4, -0.2) is 3.81 Å². The second-order valence-corrected chi connectivity index (χ2v) is 14.3. The molecule has 4 aromatic rings. The molecule has 0 heterocycles. The summed E-state index contributed by atoms with van der Waals surface area (Å²) in [7, 11) is 0. The van der Waals surface area contributed by atoms with E-state index in [1.165, 1.54) is 50.1 Å². The maximum atomic E-state index is 2.54. The van der Waals surface area contributed by atoms with E-state index in [1.807, 2.05) is 0 Å². The zero-order valence-electron chi connectivity index (χ0n) is 22.4. The Labute approximate surface area is 245 Å². The molecule has 0 nitrogen and oxygen atoms in total. The third kappa shape index (κ3) is 5.34. The van der Waals surface area contributed by atoms with E-state index in [9.17, 15) is 0 Å². The van der Waals surface area contributed by atoms with Crippen molar-refractivity contribution in [3.05, 3.63) is 145 Å². The molecule has 0 aliphatic heterocycles. The van der Waals surface area contributed by atoms with Crippen LogP contribution in [0.15, 0.2) is 101 Å². The number of hydrogen-bond donors (Lipinski definition) is 0. The van der Waals surface area contributed by atoms with Crippen molar-refractivity contribution in [2.75, 3.05) is 0 Å². The summed E-state index contributed by atoms with van der Waals surface area (Å²) < 4.78 is 4.85. The molecule has 0 saturated heterocycles. The third-order valence-electron chi connectivity index (χ3n) is 7.61. The van der Waals surface area contributed by atoms with E-state index in [1.54, 1.807) is 17.1 Å². The molecule has 4 aromatic carbocycles. The molecule has 190 valence electrons. The van der Waals surface area contributed by atoms with Gasteiger partial charge >= 0.3 is 222 Å². The molecule has 0 amide bonds. The number of allylic oxidation sites excluding steroid dienone is 4. The minimum absolute atomic E-state index is 0. The first-order chi connectivity index (χ1) is 17.5. The van der Waals surface area contributed by atoms with Crippen molar-refractivity contribution in [1.29, 1.82) is 0 Å². The number of benzene rings is 4. The van der Waals surface area contributed by atoms with Crippen LogP contribution in [0.25, 0.3) is 11.1 Å². The summed E-state index contributed by atoms with van der Waals surface area (Å²) in [5, 5.41) is 0. The van der Waals surface area contributed by atoms with Gasteiger partial charge in [0.1, 0.15) is 0 Å². The molecule has 0 N–H and O–H groups in total. The topological polar surface area (TPSA) is 0 Å². The van der Waals surface area contributed by atoms with E-state index in [0.29, 0.717) is 0 Å². The molecule has 2 aliphatic carbocycles. The Kier molecular flexibility index (Phi) is 8.80. The van der Waals surface area contributed by atoms with Gasteiger partial charge in [0.25, 0.3) is 0 Å². The smallest absolute Gasteiger partial charge is 1.00 e. The summed E-state index contributed by atoms with van der Waals surface area (Å²) in [6.07, 6.45) is 9.17. The van der Waals surface area contributed by atoms with Crippen molar-refractivity contribution in [3.8, 4) is 11.1 Å². The van der Waals surface area contributed by atoms with Crippen LogP contribution in [0, 0.1) is 27.7 Å². The quantitative estimate of drug-likeness (QED) is 0.289. The number of aryl methyl sites for hydroxylation is 4. The maximum Gasteiger partial charge on any atom is -1.00 e. The van der Waals surface area contributed by atoms with Crippen LogP contribution in [0.3, 0.4) is 0 Å². The van der Waals surface area contributed by atoms with Gasteiger partial charge < -0.3 is 24.8 Å². The Hall–Kier alpha value is -2.48. The van der Waals surface area contributed by atoms with E-state index >= 15 is 0 Å². The van der Waals surface area contributed by atoms with E-state index < -0.39 is 17.4 Å². The van der Waals surface area contributed by atoms with Gasteiger partial charge in [-0.3, -0.25) is 0 Å². The summed E-state index contributed by atoms with van der Waals surface area (Å²) in [6.45, 7) is 8.86. The number of fused-ring (bicyclic) bond motifs is 3. The summed E-state index contributed by atoms with van der Waals surface area (Å²) in [5.41, 5.74) is 14.1. The van der Waals surface area contributed by atoms with Crippen molar-refractivity contribution >= 4 is 7.68 Å². The van der Waals surface area contributed by atoms with Crippen LogP contribution in [0.5, 0.6) is 0 Å². The van der Waals surface area contributed by atoms with Gasteiger partial charge in [0.2, 0.25) is 0 Å². The van der Waals surface area contributed by atoms with Crippen molar-refractivity contribution in [2.24, 2.45) is 0 Å². The largest absolute Gasteiger partial charge is 1.00 e. The van der Waals surface area contributed by atoms with Crippen molar-refractivity contribution in [3.63, 3.8) is 0 Å². The molecule has 0 radical (unpaired) electrons. The Balaban J connectivity index is 0.00000168. The first-order valence-electron chi connectivity index (χ1n) is 13.0. The number of halogens is 2. The molecule has 0 unspecified atom stereocenters. The molecule has 6 rings (SSSR count). The van der Waals surface area contributed by atoms with Crippen LogP contribution in [-0.2, 0) is 23.8 Å². The fourth-order valence-corrected chi connectivity index (χ4v) is 11.0. The molecular weight excluding hydrogens is 539 g/mol. The molecular formula is C35H32Cl2Ti. The zero-order valence-corrected chi connectivity index (χ0v) is 25.5. The minimum atomic E-state index is -2.14. The molecule has 0 aromatic heterocycles. The van der Waals surface area contributed by atoms with Gasteiger partial charge in [0.05, 0.1) is 0 Å². The fraction of sp³-hybridized carbons (Fsp3) is 0.171. The summed E-state index contributed by atoms with van der Waals surface area (Å²) in [6, 6.07) is 30.5. The molecule has 0 saturated carbocycles. The SMILES string of the molecule is Cc1ccc([C](c2ccc(C)cc2)=[Ti+2]([C]2=CC=CC2)[c]2cc(C)cc3c2Cc2ccc(C)cc2-3)cc1.[Cl-].[Cl-]. The average Bonchev–Trinajstić information content (AvgIpc) is 3.52. The van der Waals surface area contributed by atoms with E-state index in [4.69, 9.17) is 0 Å². The van der Waals surface area contributed by atoms with Gasteiger partial charge in [-0.2, -0.15) is 0 Å². The van der Waals surface area contributed by atoms with Crippen LogP contribution in [0.4, 0.5) is 0 Å².